The number of H-pyrrole nitrogens is 1. The molecule has 21 heavy (non-hydrogen) atoms. The van der Waals surface area contributed by atoms with Crippen molar-refractivity contribution < 1.29 is 14.9 Å². The molecule has 1 aromatic rings. The molecule has 1 saturated heterocycles. The van der Waals surface area contributed by atoms with Gasteiger partial charge in [0.05, 0.1) is 12.6 Å². The number of aromatic amines is 1. The molecule has 10 heteroatoms. The maximum absolute atomic E-state index is 11.8. The fourth-order valence-electron chi connectivity index (χ4n) is 2.19. The molecule has 4 atom stereocenters. The molecule has 0 unspecified atom stereocenters. The average molecular weight is 297 g/mol. The number of aromatic nitrogens is 2. The fourth-order valence-corrected chi connectivity index (χ4v) is 2.19. The maximum atomic E-state index is 11.8. The van der Waals surface area contributed by atoms with E-state index in [-0.39, 0.29) is 6.54 Å². The second-order valence-corrected chi connectivity index (χ2v) is 4.63. The van der Waals surface area contributed by atoms with E-state index in [4.69, 9.17) is 10.3 Å². The van der Waals surface area contributed by atoms with Gasteiger partial charge in [0.2, 0.25) is 0 Å². The zero-order chi connectivity index (χ0) is 15.6. The Bertz CT molecular complexity index is 676. The summed E-state index contributed by atoms with van der Waals surface area (Å²) in [5.41, 5.74) is 7.36. The van der Waals surface area contributed by atoms with Gasteiger partial charge >= 0.3 is 5.69 Å². The van der Waals surface area contributed by atoms with Crippen molar-refractivity contribution in [2.45, 2.75) is 37.9 Å². The number of nitrogens with zero attached hydrogens (tertiary/aromatic N) is 4. The minimum atomic E-state index is -1.38. The summed E-state index contributed by atoms with van der Waals surface area (Å²) in [6.45, 7) is 1.56. The number of nitrogens with one attached hydrogen (secondary N) is 1. The minimum Gasteiger partial charge on any atom is -0.388 e. The van der Waals surface area contributed by atoms with Crippen molar-refractivity contribution in [2.24, 2.45) is 5.11 Å². The molecule has 0 saturated carbocycles. The SMILES string of the molecule is CCc1cn([C@@H]2O[C@H](CN=[N+]=[N-])[C@@H](O)[C@@H]2O)c(=O)[nH]c1=O. The lowest BCUT2D eigenvalue weighted by Gasteiger charge is -2.17. The molecular formula is C11H15N5O5. The van der Waals surface area contributed by atoms with Crippen molar-refractivity contribution in [2.75, 3.05) is 6.54 Å². The van der Waals surface area contributed by atoms with Crippen LogP contribution < -0.4 is 11.2 Å². The van der Waals surface area contributed by atoms with Crippen LogP contribution in [0.5, 0.6) is 0 Å². The first kappa shape index (κ1) is 15.3. The highest BCUT2D eigenvalue weighted by molar-refractivity contribution is 5.05. The summed E-state index contributed by atoms with van der Waals surface area (Å²) >= 11 is 0. The largest absolute Gasteiger partial charge is 0.388 e. The van der Waals surface area contributed by atoms with Crippen LogP contribution in [0.2, 0.25) is 0 Å². The molecule has 0 aromatic carbocycles. The molecule has 2 heterocycles. The normalized spacial score (nSPS) is 28.3. The number of rotatable bonds is 4. The molecule has 0 amide bonds. The fraction of sp³-hybridized carbons (Fsp3) is 0.636. The van der Waals surface area contributed by atoms with E-state index in [0.29, 0.717) is 12.0 Å². The number of ether oxygens (including phenoxy) is 1. The number of hydrogen-bond acceptors (Lipinski definition) is 6. The number of aryl methyl sites for hydroxylation is 1. The zero-order valence-corrected chi connectivity index (χ0v) is 11.2. The van der Waals surface area contributed by atoms with Gasteiger partial charge in [0.1, 0.15) is 12.2 Å². The summed E-state index contributed by atoms with van der Waals surface area (Å²) in [7, 11) is 0. The Kier molecular flexibility index (Phi) is 4.43. The predicted octanol–water partition coefficient (Wildman–Crippen LogP) is -0.972. The second-order valence-electron chi connectivity index (χ2n) is 4.63. The van der Waals surface area contributed by atoms with Crippen molar-refractivity contribution >= 4 is 0 Å². The first-order chi connectivity index (χ1) is 9.99. The van der Waals surface area contributed by atoms with Gasteiger partial charge in [-0.25, -0.2) is 4.79 Å². The lowest BCUT2D eigenvalue weighted by molar-refractivity contribution is -0.0373. The summed E-state index contributed by atoms with van der Waals surface area (Å²) in [5.74, 6) is 0. The molecule has 1 aliphatic rings. The predicted molar refractivity (Wildman–Crippen MR) is 70.6 cm³/mol. The summed E-state index contributed by atoms with van der Waals surface area (Å²) in [6, 6.07) is 0. The van der Waals surface area contributed by atoms with Crippen LogP contribution in [0.4, 0.5) is 0 Å². The van der Waals surface area contributed by atoms with E-state index in [1.807, 2.05) is 0 Å². The van der Waals surface area contributed by atoms with Crippen molar-refractivity contribution in [1.29, 1.82) is 0 Å². The molecule has 3 N–H and O–H groups in total. The quantitative estimate of drug-likeness (QED) is 0.370. The molecule has 114 valence electrons. The zero-order valence-electron chi connectivity index (χ0n) is 11.2. The van der Waals surface area contributed by atoms with Gasteiger partial charge in [0.25, 0.3) is 5.56 Å². The lowest BCUT2D eigenvalue weighted by atomic mass is 10.1. The Hall–Kier alpha value is -2.13. The maximum Gasteiger partial charge on any atom is 0.330 e. The molecule has 0 spiro atoms. The molecule has 1 aliphatic heterocycles. The van der Waals surface area contributed by atoms with Crippen LogP contribution >= 0.6 is 0 Å². The lowest BCUT2D eigenvalue weighted by Crippen LogP contribution is -2.38. The number of aliphatic hydroxyl groups excluding tert-OH is 2. The van der Waals surface area contributed by atoms with Crippen LogP contribution in [0.3, 0.4) is 0 Å². The van der Waals surface area contributed by atoms with Crippen molar-refractivity contribution in [1.82, 2.24) is 9.55 Å². The summed E-state index contributed by atoms with van der Waals surface area (Å²) < 4.78 is 6.39. The molecule has 10 nitrogen and oxygen atoms in total. The van der Waals surface area contributed by atoms with Crippen molar-refractivity contribution in [3.63, 3.8) is 0 Å². The van der Waals surface area contributed by atoms with Crippen LogP contribution in [0.15, 0.2) is 20.9 Å². The van der Waals surface area contributed by atoms with E-state index >= 15 is 0 Å². The Morgan fingerprint density at radius 2 is 2.19 bits per heavy atom. The van der Waals surface area contributed by atoms with Crippen LogP contribution in [-0.2, 0) is 11.2 Å². The van der Waals surface area contributed by atoms with E-state index in [0.717, 1.165) is 4.57 Å². The average Bonchev–Trinajstić information content (AvgIpc) is 2.73. The molecule has 0 bridgehead atoms. The second kappa shape index (κ2) is 6.10. The monoisotopic (exact) mass is 297 g/mol. The van der Waals surface area contributed by atoms with E-state index in [9.17, 15) is 19.8 Å². The van der Waals surface area contributed by atoms with E-state index in [1.54, 1.807) is 6.92 Å². The van der Waals surface area contributed by atoms with Crippen LogP contribution in [0.1, 0.15) is 18.7 Å². The van der Waals surface area contributed by atoms with Gasteiger partial charge in [0, 0.05) is 16.7 Å². The topological polar surface area (TPSA) is 153 Å². The Morgan fingerprint density at radius 3 is 2.81 bits per heavy atom. The van der Waals surface area contributed by atoms with Gasteiger partial charge in [-0.15, -0.1) is 0 Å². The summed E-state index contributed by atoms with van der Waals surface area (Å²) in [5, 5.41) is 23.1. The van der Waals surface area contributed by atoms with Gasteiger partial charge in [-0.2, -0.15) is 0 Å². The van der Waals surface area contributed by atoms with Crippen molar-refractivity contribution in [3.8, 4) is 0 Å². The van der Waals surface area contributed by atoms with Crippen molar-refractivity contribution in [3.05, 3.63) is 43.0 Å². The van der Waals surface area contributed by atoms with Crippen LogP contribution in [0, 0.1) is 0 Å². The molecule has 0 radical (unpaired) electrons. The third kappa shape index (κ3) is 2.83. The standard InChI is InChI=1S/C11H15N5O5/c1-2-5-4-16(11(20)14-9(5)19)10-8(18)7(17)6(21-10)3-13-15-12/h4,6-8,10,17-18H,2-3H2,1H3,(H,14,19,20)/t6-,7-,8+,10-/m1/s1. The number of azide groups is 1. The minimum absolute atomic E-state index is 0.177. The number of aliphatic hydroxyl groups is 2. The van der Waals surface area contributed by atoms with Gasteiger partial charge in [-0.3, -0.25) is 14.3 Å². The van der Waals surface area contributed by atoms with E-state index in [1.165, 1.54) is 6.20 Å². The summed E-state index contributed by atoms with van der Waals surface area (Å²) in [4.78, 5) is 28.0. The Morgan fingerprint density at radius 1 is 1.48 bits per heavy atom. The number of hydrogen-bond donors (Lipinski definition) is 3. The molecule has 0 aliphatic carbocycles. The molecule has 1 fully saturated rings. The Balaban J connectivity index is 2.36. The smallest absolute Gasteiger partial charge is 0.330 e. The van der Waals surface area contributed by atoms with E-state index in [2.05, 4.69) is 15.0 Å². The highest BCUT2D eigenvalue weighted by Gasteiger charge is 2.43. The van der Waals surface area contributed by atoms with E-state index < -0.39 is 35.8 Å². The summed E-state index contributed by atoms with van der Waals surface area (Å²) in [6.07, 6.45) is -3.08. The van der Waals surface area contributed by atoms with Gasteiger partial charge in [-0.1, -0.05) is 12.0 Å². The first-order valence-electron chi connectivity index (χ1n) is 6.36. The van der Waals surface area contributed by atoms with Crippen LogP contribution in [0.25, 0.3) is 10.4 Å². The molecule has 1 aromatic heterocycles. The molecule has 2 rings (SSSR count). The highest BCUT2D eigenvalue weighted by Crippen LogP contribution is 2.28. The highest BCUT2D eigenvalue weighted by atomic mass is 16.6. The Labute approximate surface area is 118 Å². The van der Waals surface area contributed by atoms with Gasteiger partial charge < -0.3 is 14.9 Å². The third-order valence-corrected chi connectivity index (χ3v) is 3.36. The third-order valence-electron chi connectivity index (χ3n) is 3.36. The first-order valence-corrected chi connectivity index (χ1v) is 6.36. The van der Waals surface area contributed by atoms with Gasteiger partial charge in [0.15, 0.2) is 6.23 Å². The van der Waals surface area contributed by atoms with Gasteiger partial charge in [-0.05, 0) is 12.0 Å². The molecular weight excluding hydrogens is 282 g/mol. The van der Waals surface area contributed by atoms with Crippen LogP contribution in [-0.4, -0.2) is 44.6 Å².